The Morgan fingerprint density at radius 2 is 2.14 bits per heavy atom. The maximum atomic E-state index is 12.9. The highest BCUT2D eigenvalue weighted by atomic mass is 32.1. The lowest BCUT2D eigenvalue weighted by Gasteiger charge is -2.25. The zero-order valence-corrected chi connectivity index (χ0v) is 16.2. The normalized spacial score (nSPS) is 17.6. The average molecular weight is 396 g/mol. The molecule has 3 aromatic rings. The molecule has 0 radical (unpaired) electrons. The lowest BCUT2D eigenvalue weighted by Crippen LogP contribution is -2.40. The van der Waals surface area contributed by atoms with Gasteiger partial charge in [-0.15, -0.1) is 11.3 Å². The molecular formula is C20H20N4O3S. The van der Waals surface area contributed by atoms with Crippen molar-refractivity contribution in [2.75, 3.05) is 6.54 Å². The van der Waals surface area contributed by atoms with Crippen molar-refractivity contribution < 1.29 is 9.72 Å². The van der Waals surface area contributed by atoms with Crippen molar-refractivity contribution in [3.05, 3.63) is 69.2 Å². The Morgan fingerprint density at radius 1 is 1.32 bits per heavy atom. The molecule has 4 rings (SSSR count). The molecule has 1 N–H and O–H groups in total. The van der Waals surface area contributed by atoms with Crippen molar-refractivity contribution in [1.29, 1.82) is 0 Å². The fourth-order valence-corrected chi connectivity index (χ4v) is 4.67. The van der Waals surface area contributed by atoms with Crippen LogP contribution < -0.4 is 5.32 Å². The average Bonchev–Trinajstić information content (AvgIpc) is 3.34. The number of nitrogens with zero attached hydrogens (tertiary/aromatic N) is 3. The minimum Gasteiger partial charge on any atom is -0.331 e. The van der Waals surface area contributed by atoms with Gasteiger partial charge in [0.15, 0.2) is 0 Å². The first-order chi connectivity index (χ1) is 13.5. The summed E-state index contributed by atoms with van der Waals surface area (Å²) in [5.41, 5.74) is 1.69. The molecule has 2 amide bonds. The van der Waals surface area contributed by atoms with Crippen LogP contribution >= 0.6 is 11.3 Å². The van der Waals surface area contributed by atoms with Gasteiger partial charge < -0.3 is 10.2 Å². The number of hydrogen-bond acceptors (Lipinski definition) is 5. The number of nitrogens with one attached hydrogen (secondary N) is 1. The van der Waals surface area contributed by atoms with Crippen LogP contribution in [-0.2, 0) is 0 Å². The van der Waals surface area contributed by atoms with E-state index >= 15 is 0 Å². The molecule has 1 aliphatic rings. The minimum atomic E-state index is -0.429. The third kappa shape index (κ3) is 3.55. The van der Waals surface area contributed by atoms with Crippen LogP contribution in [-0.4, -0.2) is 27.4 Å². The number of fused-ring (bicyclic) bond motifs is 1. The van der Waals surface area contributed by atoms with E-state index < -0.39 is 4.92 Å². The first-order valence-corrected chi connectivity index (χ1v) is 10.0. The molecule has 0 aliphatic carbocycles. The Hall–Kier alpha value is -3.00. The van der Waals surface area contributed by atoms with E-state index in [1.807, 2.05) is 36.1 Å². The van der Waals surface area contributed by atoms with Gasteiger partial charge >= 0.3 is 6.03 Å². The quantitative estimate of drug-likeness (QED) is 0.506. The van der Waals surface area contributed by atoms with Crippen molar-refractivity contribution in [3.8, 4) is 0 Å². The van der Waals surface area contributed by atoms with Crippen LogP contribution in [0.25, 0.3) is 10.2 Å². The van der Waals surface area contributed by atoms with Crippen LogP contribution in [0.3, 0.4) is 0 Å². The summed E-state index contributed by atoms with van der Waals surface area (Å²) in [6, 6.07) is 13.8. The van der Waals surface area contributed by atoms with Crippen LogP contribution in [0.4, 0.5) is 10.5 Å². The third-order valence-corrected chi connectivity index (χ3v) is 6.17. The van der Waals surface area contributed by atoms with Gasteiger partial charge in [-0.25, -0.2) is 9.78 Å². The van der Waals surface area contributed by atoms with Gasteiger partial charge in [-0.1, -0.05) is 24.3 Å². The number of amides is 2. The van der Waals surface area contributed by atoms with E-state index in [4.69, 9.17) is 4.98 Å². The van der Waals surface area contributed by atoms with Crippen LogP contribution in [0.1, 0.15) is 42.4 Å². The number of nitro groups is 1. The number of hydrogen-bond donors (Lipinski definition) is 1. The van der Waals surface area contributed by atoms with Gasteiger partial charge in [0.1, 0.15) is 5.01 Å². The van der Waals surface area contributed by atoms with Gasteiger partial charge in [-0.2, -0.15) is 0 Å². The second-order valence-corrected chi connectivity index (χ2v) is 7.96. The van der Waals surface area contributed by atoms with Crippen molar-refractivity contribution >= 4 is 33.3 Å². The maximum absolute atomic E-state index is 12.9. The van der Waals surface area contributed by atoms with E-state index in [1.165, 1.54) is 12.1 Å². The summed E-state index contributed by atoms with van der Waals surface area (Å²) in [5.74, 6) is 0. The molecule has 7 nitrogen and oxygen atoms in total. The molecule has 2 aromatic carbocycles. The van der Waals surface area contributed by atoms with Crippen LogP contribution in [0.5, 0.6) is 0 Å². The number of nitro benzene ring substituents is 1. The maximum Gasteiger partial charge on any atom is 0.318 e. The Labute approximate surface area is 166 Å². The number of likely N-dealkylation sites (tertiary alicyclic amines) is 1. The highest BCUT2D eigenvalue weighted by Gasteiger charge is 2.33. The molecule has 0 bridgehead atoms. The largest absolute Gasteiger partial charge is 0.331 e. The first kappa shape index (κ1) is 18.4. The van der Waals surface area contributed by atoms with E-state index in [1.54, 1.807) is 23.5 Å². The van der Waals surface area contributed by atoms with Gasteiger partial charge in [-0.3, -0.25) is 10.1 Å². The summed E-state index contributed by atoms with van der Waals surface area (Å²) < 4.78 is 1.12. The molecule has 144 valence electrons. The number of carbonyl (C=O) groups is 1. The number of thiazole rings is 1. The Balaban J connectivity index is 1.50. The summed E-state index contributed by atoms with van der Waals surface area (Å²) in [6.07, 6.45) is 1.82. The molecular weight excluding hydrogens is 376 g/mol. The second kappa shape index (κ2) is 7.55. The van der Waals surface area contributed by atoms with Crippen LogP contribution in [0, 0.1) is 10.1 Å². The number of urea groups is 1. The topological polar surface area (TPSA) is 88.4 Å². The molecule has 2 atom stereocenters. The summed E-state index contributed by atoms with van der Waals surface area (Å²) in [6.45, 7) is 2.51. The highest BCUT2D eigenvalue weighted by Crippen LogP contribution is 2.36. The number of aromatic nitrogens is 1. The van der Waals surface area contributed by atoms with Crippen LogP contribution in [0.2, 0.25) is 0 Å². The van der Waals surface area contributed by atoms with E-state index in [9.17, 15) is 14.9 Å². The van der Waals surface area contributed by atoms with E-state index in [0.717, 1.165) is 28.1 Å². The smallest absolute Gasteiger partial charge is 0.318 e. The summed E-state index contributed by atoms with van der Waals surface area (Å²) in [7, 11) is 0. The number of rotatable bonds is 4. The van der Waals surface area contributed by atoms with E-state index in [0.29, 0.717) is 12.1 Å². The number of carbonyl (C=O) groups excluding carboxylic acids is 1. The summed E-state index contributed by atoms with van der Waals surface area (Å²) in [4.78, 5) is 30.0. The molecule has 0 spiro atoms. The zero-order chi connectivity index (χ0) is 19.7. The van der Waals surface area contributed by atoms with E-state index in [2.05, 4.69) is 5.32 Å². The van der Waals surface area contributed by atoms with Gasteiger partial charge in [0.05, 0.1) is 27.2 Å². The van der Waals surface area contributed by atoms with Crippen molar-refractivity contribution in [1.82, 2.24) is 15.2 Å². The molecule has 1 saturated heterocycles. The Bertz CT molecular complexity index is 1000. The second-order valence-electron chi connectivity index (χ2n) is 6.89. The van der Waals surface area contributed by atoms with Gasteiger partial charge in [0.25, 0.3) is 5.69 Å². The predicted molar refractivity (Wildman–Crippen MR) is 108 cm³/mol. The van der Waals surface area contributed by atoms with Crippen molar-refractivity contribution in [3.63, 3.8) is 0 Å². The van der Waals surface area contributed by atoms with Gasteiger partial charge in [-0.05, 0) is 37.5 Å². The fourth-order valence-electron chi connectivity index (χ4n) is 3.56. The molecule has 2 heterocycles. The SMILES string of the molecule is CC(NC(=O)N1CCCC1c1nc2ccccc2s1)c1cccc([N+](=O)[O-])c1. The predicted octanol–water partition coefficient (Wildman–Crippen LogP) is 4.81. The van der Waals surface area contributed by atoms with Gasteiger partial charge in [0.2, 0.25) is 0 Å². The highest BCUT2D eigenvalue weighted by molar-refractivity contribution is 7.18. The van der Waals surface area contributed by atoms with E-state index in [-0.39, 0.29) is 23.8 Å². The molecule has 28 heavy (non-hydrogen) atoms. The summed E-state index contributed by atoms with van der Waals surface area (Å²) >= 11 is 1.63. The number of benzene rings is 2. The monoisotopic (exact) mass is 396 g/mol. The third-order valence-electron chi connectivity index (χ3n) is 5.03. The van der Waals surface area contributed by atoms with Crippen LogP contribution in [0.15, 0.2) is 48.5 Å². The standard InChI is InChI=1S/C20H20N4O3S/c1-13(14-6-4-7-15(12-14)24(26)27)21-20(25)23-11-5-9-17(23)19-22-16-8-2-3-10-18(16)28-19/h2-4,6-8,10,12-13,17H,5,9,11H2,1H3,(H,21,25). The lowest BCUT2D eigenvalue weighted by molar-refractivity contribution is -0.384. The molecule has 1 aliphatic heterocycles. The molecule has 8 heteroatoms. The molecule has 0 saturated carbocycles. The van der Waals surface area contributed by atoms with Crippen molar-refractivity contribution in [2.45, 2.75) is 31.8 Å². The lowest BCUT2D eigenvalue weighted by atomic mass is 10.1. The number of para-hydroxylation sites is 1. The Morgan fingerprint density at radius 3 is 2.93 bits per heavy atom. The molecule has 1 aromatic heterocycles. The molecule has 2 unspecified atom stereocenters. The number of non-ortho nitro benzene ring substituents is 1. The van der Waals surface area contributed by atoms with Gasteiger partial charge in [0, 0.05) is 18.7 Å². The first-order valence-electron chi connectivity index (χ1n) is 9.20. The van der Waals surface area contributed by atoms with Crippen molar-refractivity contribution in [2.24, 2.45) is 0 Å². The molecule has 1 fully saturated rings. The zero-order valence-electron chi connectivity index (χ0n) is 15.4. The minimum absolute atomic E-state index is 0.0205. The summed E-state index contributed by atoms with van der Waals surface area (Å²) in [5, 5.41) is 14.9. The Kier molecular flexibility index (Phi) is 4.95. The fraction of sp³-hybridized carbons (Fsp3) is 0.300.